The number of hydrogen-bond donors (Lipinski definition) is 2. The average molecular weight is 213 g/mol. The Labute approximate surface area is 89.8 Å². The van der Waals surface area contributed by atoms with Crippen molar-refractivity contribution in [2.45, 2.75) is 20.3 Å². The number of thiophene rings is 1. The third-order valence-corrected chi connectivity index (χ3v) is 3.86. The van der Waals surface area contributed by atoms with Crippen molar-refractivity contribution in [1.82, 2.24) is 0 Å². The largest absolute Gasteiger partial charge is 0.396 e. The Morgan fingerprint density at radius 2 is 2.29 bits per heavy atom. The molecule has 0 saturated heterocycles. The van der Waals surface area contributed by atoms with Crippen LogP contribution in [0.5, 0.6) is 0 Å². The number of hydrogen-bond acceptors (Lipinski definition) is 3. The van der Waals surface area contributed by atoms with Crippen molar-refractivity contribution < 1.29 is 5.11 Å². The number of nitrogens with two attached hydrogens (primary N) is 1. The minimum absolute atomic E-state index is 0.197. The molecule has 2 nitrogen and oxygen atoms in total. The fraction of sp³-hybridized carbons (Fsp3) is 0.636. The van der Waals surface area contributed by atoms with Crippen LogP contribution in [-0.4, -0.2) is 18.3 Å². The normalized spacial score (nSPS) is 15.4. The summed E-state index contributed by atoms with van der Waals surface area (Å²) in [6, 6.07) is 2.14. The molecule has 0 aromatic carbocycles. The van der Waals surface area contributed by atoms with E-state index in [4.69, 9.17) is 10.8 Å². The molecule has 0 saturated carbocycles. The zero-order valence-corrected chi connectivity index (χ0v) is 9.68. The number of aliphatic hydroxyl groups excluding tert-OH is 1. The number of aryl methyl sites for hydroxylation is 1. The fourth-order valence-corrected chi connectivity index (χ4v) is 2.61. The maximum atomic E-state index is 9.12. The Hall–Kier alpha value is -0.380. The zero-order chi connectivity index (χ0) is 10.6. The summed E-state index contributed by atoms with van der Waals surface area (Å²) in [7, 11) is 0. The molecule has 1 aromatic rings. The molecule has 2 atom stereocenters. The third-order valence-electron chi connectivity index (χ3n) is 2.82. The molecule has 1 heterocycles. The summed E-state index contributed by atoms with van der Waals surface area (Å²) in [5.41, 5.74) is 6.95. The number of rotatable bonds is 5. The Balaban J connectivity index is 2.56. The molecule has 14 heavy (non-hydrogen) atoms. The molecular formula is C11H19NOS. The summed E-state index contributed by atoms with van der Waals surface area (Å²) >= 11 is 1.79. The standard InChI is InChI=1S/C11H19NOS/c1-8-3-4-14-11(8)5-9(2)10(6-12)7-13/h3-4,9-10,13H,5-7,12H2,1-2H3. The van der Waals surface area contributed by atoms with E-state index in [0.717, 1.165) is 6.42 Å². The quantitative estimate of drug-likeness (QED) is 0.783. The predicted molar refractivity (Wildman–Crippen MR) is 61.6 cm³/mol. The molecule has 0 aliphatic heterocycles. The summed E-state index contributed by atoms with van der Waals surface area (Å²) in [4.78, 5) is 1.42. The van der Waals surface area contributed by atoms with Gasteiger partial charge in [-0.15, -0.1) is 11.3 Å². The van der Waals surface area contributed by atoms with Crippen molar-refractivity contribution in [3.8, 4) is 0 Å². The highest BCUT2D eigenvalue weighted by atomic mass is 32.1. The van der Waals surface area contributed by atoms with Crippen LogP contribution < -0.4 is 5.73 Å². The Morgan fingerprint density at radius 1 is 1.57 bits per heavy atom. The molecule has 0 bridgehead atoms. The van der Waals surface area contributed by atoms with E-state index in [1.54, 1.807) is 11.3 Å². The average Bonchev–Trinajstić information content (AvgIpc) is 2.54. The van der Waals surface area contributed by atoms with Crippen LogP contribution in [0, 0.1) is 18.8 Å². The van der Waals surface area contributed by atoms with Crippen molar-refractivity contribution >= 4 is 11.3 Å². The molecule has 1 aromatic heterocycles. The van der Waals surface area contributed by atoms with E-state index in [1.165, 1.54) is 10.4 Å². The molecule has 2 unspecified atom stereocenters. The van der Waals surface area contributed by atoms with Gasteiger partial charge in [0.1, 0.15) is 0 Å². The van der Waals surface area contributed by atoms with Crippen LogP contribution in [0.15, 0.2) is 11.4 Å². The van der Waals surface area contributed by atoms with Gasteiger partial charge in [-0.2, -0.15) is 0 Å². The van der Waals surface area contributed by atoms with Gasteiger partial charge in [-0.05, 0) is 48.7 Å². The smallest absolute Gasteiger partial charge is 0.0474 e. The first-order valence-corrected chi connectivity index (χ1v) is 5.90. The van der Waals surface area contributed by atoms with E-state index in [0.29, 0.717) is 12.5 Å². The minimum Gasteiger partial charge on any atom is -0.396 e. The van der Waals surface area contributed by atoms with Crippen LogP contribution >= 0.6 is 11.3 Å². The highest BCUT2D eigenvalue weighted by Gasteiger charge is 2.16. The van der Waals surface area contributed by atoms with Crippen LogP contribution in [0.3, 0.4) is 0 Å². The van der Waals surface area contributed by atoms with Gasteiger partial charge in [0, 0.05) is 11.5 Å². The molecule has 0 aliphatic carbocycles. The maximum Gasteiger partial charge on any atom is 0.0474 e. The van der Waals surface area contributed by atoms with Gasteiger partial charge < -0.3 is 10.8 Å². The van der Waals surface area contributed by atoms with Crippen molar-refractivity contribution in [2.24, 2.45) is 17.6 Å². The first-order valence-electron chi connectivity index (χ1n) is 5.03. The molecule has 0 amide bonds. The third kappa shape index (κ3) is 2.80. The molecule has 0 spiro atoms. The van der Waals surface area contributed by atoms with Crippen LogP contribution in [0.2, 0.25) is 0 Å². The van der Waals surface area contributed by atoms with Gasteiger partial charge in [-0.1, -0.05) is 6.92 Å². The molecular weight excluding hydrogens is 194 g/mol. The van der Waals surface area contributed by atoms with Gasteiger partial charge in [0.25, 0.3) is 0 Å². The molecule has 1 rings (SSSR count). The summed E-state index contributed by atoms with van der Waals surface area (Å²) in [6.07, 6.45) is 1.03. The molecule has 0 radical (unpaired) electrons. The Morgan fingerprint density at radius 3 is 2.71 bits per heavy atom. The first kappa shape index (κ1) is 11.7. The SMILES string of the molecule is Cc1ccsc1CC(C)C(CN)CO. The predicted octanol–water partition coefficient (Wildman–Crippen LogP) is 1.80. The highest BCUT2D eigenvalue weighted by Crippen LogP contribution is 2.23. The topological polar surface area (TPSA) is 46.2 Å². The fourth-order valence-electron chi connectivity index (χ4n) is 1.56. The van der Waals surface area contributed by atoms with Gasteiger partial charge in [0.15, 0.2) is 0 Å². The van der Waals surface area contributed by atoms with E-state index < -0.39 is 0 Å². The van der Waals surface area contributed by atoms with E-state index in [1.807, 2.05) is 0 Å². The van der Waals surface area contributed by atoms with Crippen molar-refractivity contribution in [1.29, 1.82) is 0 Å². The zero-order valence-electron chi connectivity index (χ0n) is 8.86. The maximum absolute atomic E-state index is 9.12. The van der Waals surface area contributed by atoms with E-state index in [9.17, 15) is 0 Å². The lowest BCUT2D eigenvalue weighted by atomic mass is 9.91. The van der Waals surface area contributed by atoms with Gasteiger partial charge >= 0.3 is 0 Å². The molecule has 3 N–H and O–H groups in total. The van der Waals surface area contributed by atoms with Crippen molar-refractivity contribution in [3.05, 3.63) is 21.9 Å². The summed E-state index contributed by atoms with van der Waals surface area (Å²) in [6.45, 7) is 5.06. The second kappa shape index (κ2) is 5.49. The summed E-state index contributed by atoms with van der Waals surface area (Å²) < 4.78 is 0. The van der Waals surface area contributed by atoms with E-state index in [-0.39, 0.29) is 12.5 Å². The lowest BCUT2D eigenvalue weighted by Gasteiger charge is -2.19. The van der Waals surface area contributed by atoms with E-state index in [2.05, 4.69) is 25.3 Å². The Bertz CT molecular complexity index is 268. The lowest BCUT2D eigenvalue weighted by Crippen LogP contribution is -2.26. The first-order chi connectivity index (χ1) is 6.69. The Kier molecular flexibility index (Phi) is 4.58. The molecule has 0 aliphatic rings. The van der Waals surface area contributed by atoms with Crippen LogP contribution in [-0.2, 0) is 6.42 Å². The van der Waals surface area contributed by atoms with E-state index >= 15 is 0 Å². The summed E-state index contributed by atoms with van der Waals surface area (Å²) in [5.74, 6) is 0.693. The van der Waals surface area contributed by atoms with Crippen LogP contribution in [0.1, 0.15) is 17.4 Å². The summed E-state index contributed by atoms with van der Waals surface area (Å²) in [5, 5.41) is 11.2. The van der Waals surface area contributed by atoms with Gasteiger partial charge in [-0.3, -0.25) is 0 Å². The number of aliphatic hydroxyl groups is 1. The second-order valence-electron chi connectivity index (χ2n) is 3.89. The van der Waals surface area contributed by atoms with Gasteiger partial charge in [-0.25, -0.2) is 0 Å². The second-order valence-corrected chi connectivity index (χ2v) is 4.89. The minimum atomic E-state index is 0.197. The van der Waals surface area contributed by atoms with Crippen LogP contribution in [0.25, 0.3) is 0 Å². The molecule has 3 heteroatoms. The monoisotopic (exact) mass is 213 g/mol. The van der Waals surface area contributed by atoms with Crippen molar-refractivity contribution in [2.75, 3.05) is 13.2 Å². The molecule has 80 valence electrons. The molecule has 0 fully saturated rings. The lowest BCUT2D eigenvalue weighted by molar-refractivity contribution is 0.187. The highest BCUT2D eigenvalue weighted by molar-refractivity contribution is 7.10. The van der Waals surface area contributed by atoms with Gasteiger partial charge in [0.2, 0.25) is 0 Å². The van der Waals surface area contributed by atoms with Crippen molar-refractivity contribution in [3.63, 3.8) is 0 Å². The van der Waals surface area contributed by atoms with Crippen LogP contribution in [0.4, 0.5) is 0 Å². The van der Waals surface area contributed by atoms with Gasteiger partial charge in [0.05, 0.1) is 0 Å².